The van der Waals surface area contributed by atoms with Crippen molar-refractivity contribution in [2.75, 3.05) is 0 Å². The molecule has 6 atom stereocenters. The van der Waals surface area contributed by atoms with Crippen LogP contribution in [0.4, 0.5) is 0 Å². The number of fused-ring (bicyclic) bond motifs is 6. The van der Waals surface area contributed by atoms with Crippen molar-refractivity contribution in [1.29, 1.82) is 0 Å². The van der Waals surface area contributed by atoms with Gasteiger partial charge in [-0.3, -0.25) is 0 Å². The van der Waals surface area contributed by atoms with E-state index in [9.17, 15) is 0 Å². The third-order valence-corrected chi connectivity index (χ3v) is 16.3. The molecule has 4 heterocycles. The second-order valence-electron chi connectivity index (χ2n) is 14.0. The van der Waals surface area contributed by atoms with Gasteiger partial charge >= 0.3 is 0 Å². The molecular weight excluding hydrogens is 629 g/mol. The van der Waals surface area contributed by atoms with Gasteiger partial charge in [0.05, 0.1) is 53.3 Å². The Bertz CT molecular complexity index is 2010. The first-order valence-electron chi connectivity index (χ1n) is 16.2. The predicted molar refractivity (Wildman–Crippen MR) is 191 cm³/mol. The SMILES string of the molecule is C=CC1CC(C(C)C)C(C)c2nc3cc4c(cc3nc21)S/C(=C1/Sc2cc3nc5c(nc3cc2S1)C1C=CC5CC1C(C)C)S4. The first kappa shape index (κ1) is 28.9. The van der Waals surface area contributed by atoms with E-state index in [1.165, 1.54) is 51.6 Å². The second kappa shape index (κ2) is 10.6. The van der Waals surface area contributed by atoms with Crippen LogP contribution in [0.2, 0.25) is 0 Å². The second-order valence-corrected chi connectivity index (χ2v) is 18.7. The smallest absolute Gasteiger partial charge is 0.0902 e. The average molecular weight is 665 g/mol. The van der Waals surface area contributed by atoms with Gasteiger partial charge in [0.25, 0.3) is 0 Å². The molecule has 6 aliphatic rings. The minimum absolute atomic E-state index is 0.270. The summed E-state index contributed by atoms with van der Waals surface area (Å²) in [6, 6.07) is 9.10. The number of rotatable bonds is 3. The molecule has 0 radical (unpaired) electrons. The fraction of sp³-hybridized carbons (Fsp3) is 0.405. The van der Waals surface area contributed by atoms with Gasteiger partial charge in [-0.15, -0.1) is 6.58 Å². The Balaban J connectivity index is 1.04. The molecule has 0 amide bonds. The lowest BCUT2D eigenvalue weighted by Gasteiger charge is -2.40. The van der Waals surface area contributed by atoms with Crippen LogP contribution < -0.4 is 0 Å². The summed E-state index contributed by atoms with van der Waals surface area (Å²) < 4.78 is 2.70. The van der Waals surface area contributed by atoms with Crippen molar-refractivity contribution in [2.24, 2.45) is 23.7 Å². The highest BCUT2D eigenvalue weighted by molar-refractivity contribution is 8.30. The molecule has 4 aromatic rings. The largest absolute Gasteiger partial charge is 0.249 e. The topological polar surface area (TPSA) is 51.6 Å². The van der Waals surface area contributed by atoms with Crippen molar-refractivity contribution in [1.82, 2.24) is 19.9 Å². The first-order valence-corrected chi connectivity index (χ1v) is 19.5. The lowest BCUT2D eigenvalue weighted by atomic mass is 9.65. The quantitative estimate of drug-likeness (QED) is 0.201. The van der Waals surface area contributed by atoms with Crippen molar-refractivity contribution >= 4 is 69.1 Å². The first-order chi connectivity index (χ1) is 21.7. The normalized spacial score (nSPS) is 29.5. The van der Waals surface area contributed by atoms with E-state index in [4.69, 9.17) is 19.9 Å². The van der Waals surface area contributed by atoms with Crippen LogP contribution in [0.5, 0.6) is 0 Å². The Kier molecular flexibility index (Phi) is 6.83. The van der Waals surface area contributed by atoms with Crippen molar-refractivity contribution in [3.05, 3.63) is 80.3 Å². The molecule has 10 rings (SSSR count). The maximum absolute atomic E-state index is 5.28. The summed E-state index contributed by atoms with van der Waals surface area (Å²) in [5.74, 6) is 3.98. The molecule has 8 heteroatoms. The van der Waals surface area contributed by atoms with Crippen LogP contribution in [-0.4, -0.2) is 19.9 Å². The standard InChI is InChI=1S/C37H36N4S4/c1-7-19-10-22(16(2)3)18(6)32-33(19)39-25-13-29-28(12-24(25)38-32)42-36(43-29)37-44-30-14-26-27(15-31(30)45-37)41-35-21-9-8-20(34(35)40-26)11-23(21)17(4)5/h7-9,12-23H,1,10-11H2,2-6H3/b37-36-. The molecule has 2 aliphatic heterocycles. The molecule has 4 nitrogen and oxygen atoms in total. The molecule has 0 saturated heterocycles. The lowest BCUT2D eigenvalue weighted by Crippen LogP contribution is -2.31. The summed E-state index contributed by atoms with van der Waals surface area (Å²) in [6.07, 6.45) is 9.17. The summed E-state index contributed by atoms with van der Waals surface area (Å²) in [5, 5.41) is 0. The fourth-order valence-electron chi connectivity index (χ4n) is 8.20. The molecule has 228 valence electrons. The van der Waals surface area contributed by atoms with Gasteiger partial charge in [0.15, 0.2) is 0 Å². The molecule has 0 saturated carbocycles. The number of benzene rings is 2. The maximum atomic E-state index is 5.28. The minimum atomic E-state index is 0.270. The van der Waals surface area contributed by atoms with Gasteiger partial charge < -0.3 is 0 Å². The van der Waals surface area contributed by atoms with E-state index in [2.05, 4.69) is 83.7 Å². The zero-order chi connectivity index (χ0) is 30.7. The van der Waals surface area contributed by atoms with E-state index in [1.54, 1.807) is 0 Å². The van der Waals surface area contributed by atoms with Crippen LogP contribution in [-0.2, 0) is 0 Å². The number of nitrogens with zero attached hydrogens (tertiary/aromatic N) is 4. The molecule has 2 bridgehead atoms. The molecule has 2 aromatic heterocycles. The van der Waals surface area contributed by atoms with Gasteiger partial charge in [-0.25, -0.2) is 19.9 Å². The van der Waals surface area contributed by atoms with Gasteiger partial charge in [-0.2, -0.15) is 0 Å². The third-order valence-electron chi connectivity index (χ3n) is 10.7. The molecule has 4 aliphatic carbocycles. The van der Waals surface area contributed by atoms with Crippen molar-refractivity contribution in [3.8, 4) is 0 Å². The van der Waals surface area contributed by atoms with Crippen LogP contribution in [0.15, 0.2) is 77.1 Å². The Morgan fingerprint density at radius 2 is 1.13 bits per heavy atom. The van der Waals surface area contributed by atoms with Crippen molar-refractivity contribution in [3.63, 3.8) is 0 Å². The summed E-state index contributed by atoms with van der Waals surface area (Å²) in [7, 11) is 0. The molecule has 6 unspecified atom stereocenters. The van der Waals surface area contributed by atoms with Gasteiger partial charge in [0, 0.05) is 43.3 Å². The molecule has 2 aromatic carbocycles. The Morgan fingerprint density at radius 3 is 1.64 bits per heavy atom. The molecule has 0 fully saturated rings. The number of aromatic nitrogens is 4. The Hall–Kier alpha value is -2.26. The highest BCUT2D eigenvalue weighted by Gasteiger charge is 2.40. The van der Waals surface area contributed by atoms with E-state index >= 15 is 0 Å². The number of hydrogen-bond acceptors (Lipinski definition) is 8. The van der Waals surface area contributed by atoms with E-state index in [-0.39, 0.29) is 5.92 Å². The van der Waals surface area contributed by atoms with Crippen LogP contribution in [0.1, 0.15) is 93.9 Å². The van der Waals surface area contributed by atoms with E-state index in [0.717, 1.165) is 34.2 Å². The summed E-state index contributed by atoms with van der Waals surface area (Å²) >= 11 is 7.53. The van der Waals surface area contributed by atoms with Gasteiger partial charge in [-0.05, 0) is 60.8 Å². The number of hydrogen-bond donors (Lipinski definition) is 0. The molecular formula is C37H36N4S4. The van der Waals surface area contributed by atoms with Gasteiger partial charge in [0.2, 0.25) is 0 Å². The van der Waals surface area contributed by atoms with Gasteiger partial charge in [-0.1, -0.05) is 99.9 Å². The molecule has 0 spiro atoms. The lowest BCUT2D eigenvalue weighted by molar-refractivity contribution is 0.276. The molecule has 0 N–H and O–H groups in total. The van der Waals surface area contributed by atoms with E-state index < -0.39 is 0 Å². The number of allylic oxidation sites excluding steroid dienone is 3. The maximum Gasteiger partial charge on any atom is 0.0902 e. The highest BCUT2D eigenvalue weighted by atomic mass is 32.2. The zero-order valence-electron chi connectivity index (χ0n) is 26.2. The average Bonchev–Trinajstić information content (AvgIpc) is 3.64. The summed E-state index contributed by atoms with van der Waals surface area (Å²) in [6.45, 7) is 15.9. The number of thioether (sulfide) groups is 4. The molecule has 45 heavy (non-hydrogen) atoms. The van der Waals surface area contributed by atoms with Crippen LogP contribution in [0.25, 0.3) is 22.1 Å². The monoisotopic (exact) mass is 664 g/mol. The predicted octanol–water partition coefficient (Wildman–Crippen LogP) is 11.3. The van der Waals surface area contributed by atoms with Crippen LogP contribution in [0, 0.1) is 23.7 Å². The Morgan fingerprint density at radius 1 is 0.644 bits per heavy atom. The minimum Gasteiger partial charge on any atom is -0.249 e. The van der Waals surface area contributed by atoms with Crippen molar-refractivity contribution in [2.45, 2.75) is 90.7 Å². The summed E-state index contributed by atoms with van der Waals surface area (Å²) in [5.41, 5.74) is 8.80. The van der Waals surface area contributed by atoms with Crippen LogP contribution >= 0.6 is 47.0 Å². The fourth-order valence-corrected chi connectivity index (χ4v) is 13.6. The summed E-state index contributed by atoms with van der Waals surface area (Å²) in [4.78, 5) is 26.2. The zero-order valence-corrected chi connectivity index (χ0v) is 29.5. The van der Waals surface area contributed by atoms with Crippen molar-refractivity contribution < 1.29 is 0 Å². The van der Waals surface area contributed by atoms with Gasteiger partial charge in [0.1, 0.15) is 0 Å². The third kappa shape index (κ3) is 4.52. The van der Waals surface area contributed by atoms with Crippen LogP contribution in [0.3, 0.4) is 0 Å². The van der Waals surface area contributed by atoms with E-state index in [0.29, 0.717) is 41.4 Å². The highest BCUT2D eigenvalue weighted by Crippen LogP contribution is 2.62. The Labute approximate surface area is 282 Å². The van der Waals surface area contributed by atoms with E-state index in [1.807, 2.05) is 47.0 Å².